The van der Waals surface area contributed by atoms with Gasteiger partial charge in [-0.25, -0.2) is 0 Å². The summed E-state index contributed by atoms with van der Waals surface area (Å²) in [6.07, 6.45) is 0. The van der Waals surface area contributed by atoms with Gasteiger partial charge in [-0.2, -0.15) is 0 Å². The van der Waals surface area contributed by atoms with E-state index in [1.54, 1.807) is 0 Å². The third kappa shape index (κ3) is 3.70. The quantitative estimate of drug-likeness (QED) is 0.164. The first-order chi connectivity index (χ1) is 29.8. The van der Waals surface area contributed by atoms with Crippen LogP contribution in [-0.4, -0.2) is 15.9 Å². The lowest BCUT2D eigenvalue weighted by molar-refractivity contribution is 1.17. The van der Waals surface area contributed by atoms with Gasteiger partial charge in [0, 0.05) is 60.9 Å². The first kappa shape index (κ1) is 31.2. The van der Waals surface area contributed by atoms with E-state index in [1.165, 1.54) is 115 Å². The summed E-state index contributed by atoms with van der Waals surface area (Å²) in [7, 11) is 0. The number of rotatable bonds is 3. The third-order valence-electron chi connectivity index (χ3n) is 13.9. The monoisotopic (exact) mass is 757 g/mol. The van der Waals surface area contributed by atoms with Crippen molar-refractivity contribution in [1.82, 2.24) is 9.05 Å². The first-order valence-electron chi connectivity index (χ1n) is 21.0. The summed E-state index contributed by atoms with van der Waals surface area (Å²) < 4.78 is 5.36. The van der Waals surface area contributed by atoms with Gasteiger partial charge in [0.1, 0.15) is 0 Å². The highest BCUT2D eigenvalue weighted by molar-refractivity contribution is 6.90. The highest BCUT2D eigenvalue weighted by Crippen LogP contribution is 2.52. The molecule has 60 heavy (non-hydrogen) atoms. The lowest BCUT2D eigenvalue weighted by Crippen LogP contribution is -2.55. The van der Waals surface area contributed by atoms with Crippen molar-refractivity contribution >= 4 is 100.0 Å². The van der Waals surface area contributed by atoms with Crippen LogP contribution < -0.4 is 15.8 Å². The molecule has 0 N–H and O–H groups in total. The lowest BCUT2D eigenvalue weighted by Gasteiger charge is -2.36. The molecule has 3 aliphatic rings. The van der Waals surface area contributed by atoms with Crippen molar-refractivity contribution in [2.45, 2.75) is 0 Å². The summed E-state index contributed by atoms with van der Waals surface area (Å²) in [5.41, 5.74) is 20.3. The van der Waals surface area contributed by atoms with Gasteiger partial charge in [0.2, 0.25) is 0 Å². The van der Waals surface area contributed by atoms with Crippen LogP contribution in [0.15, 0.2) is 194 Å². The zero-order valence-electron chi connectivity index (χ0n) is 32.4. The van der Waals surface area contributed by atoms with Gasteiger partial charge in [0.15, 0.2) is 0 Å². The molecule has 3 nitrogen and oxygen atoms in total. The average molecular weight is 758 g/mol. The van der Waals surface area contributed by atoms with Crippen molar-refractivity contribution in [3.05, 3.63) is 194 Å². The fraction of sp³-hybridized carbons (Fsp3) is 0. The molecule has 0 radical (unpaired) electrons. The summed E-state index contributed by atoms with van der Waals surface area (Å²) >= 11 is 0. The van der Waals surface area contributed by atoms with E-state index in [0.29, 0.717) is 0 Å². The summed E-state index contributed by atoms with van der Waals surface area (Å²) in [5, 5.41) is 10.5. The number of hydrogen-bond acceptors (Lipinski definition) is 1. The van der Waals surface area contributed by atoms with Gasteiger partial charge in [-0.1, -0.05) is 140 Å². The molecule has 0 saturated carbocycles. The minimum absolute atomic E-state index is 0.0547. The topological polar surface area (TPSA) is 13.1 Å². The fourth-order valence-corrected chi connectivity index (χ4v) is 11.7. The van der Waals surface area contributed by atoms with Crippen LogP contribution >= 0.6 is 0 Å². The second kappa shape index (κ2) is 11.0. The number of hydrogen-bond donors (Lipinski definition) is 0. The maximum Gasteiger partial charge on any atom is 0.333 e. The minimum atomic E-state index is -0.0547. The Labute approximate surface area is 345 Å². The summed E-state index contributed by atoms with van der Waals surface area (Å²) in [6, 6.07) is 72.8. The molecule has 2 aliphatic heterocycles. The number of benzene rings is 10. The maximum atomic E-state index is 2.71. The Morgan fingerprint density at radius 1 is 0.367 bits per heavy atom. The van der Waals surface area contributed by atoms with E-state index in [2.05, 4.69) is 208 Å². The zero-order valence-corrected chi connectivity index (χ0v) is 32.4. The zero-order chi connectivity index (χ0) is 38.8. The van der Waals surface area contributed by atoms with Gasteiger partial charge in [-0.3, -0.25) is 0 Å². The van der Waals surface area contributed by atoms with Gasteiger partial charge in [-0.15, -0.1) is 0 Å². The molecule has 2 aromatic heterocycles. The molecule has 274 valence electrons. The Kier molecular flexibility index (Phi) is 5.73. The van der Waals surface area contributed by atoms with Crippen LogP contribution in [0.25, 0.3) is 104 Å². The number of para-hydroxylation sites is 3. The average Bonchev–Trinajstić information content (AvgIpc) is 3.80. The Balaban J connectivity index is 1.20. The van der Waals surface area contributed by atoms with E-state index >= 15 is 0 Å². The fourth-order valence-electron chi connectivity index (χ4n) is 11.7. The van der Waals surface area contributed by atoms with Crippen molar-refractivity contribution in [3.8, 4) is 39.1 Å². The molecule has 0 spiro atoms. The number of aromatic nitrogens is 2. The molecule has 0 fully saturated rings. The molecule has 15 rings (SSSR count). The Morgan fingerprint density at radius 2 is 0.983 bits per heavy atom. The van der Waals surface area contributed by atoms with Crippen LogP contribution in [0.5, 0.6) is 0 Å². The molecule has 4 heteroatoms. The van der Waals surface area contributed by atoms with Gasteiger partial charge >= 0.3 is 6.85 Å². The van der Waals surface area contributed by atoms with Crippen LogP contribution in [0.4, 0.5) is 17.1 Å². The van der Waals surface area contributed by atoms with Crippen molar-refractivity contribution in [2.24, 2.45) is 0 Å². The highest BCUT2D eigenvalue weighted by atomic mass is 15.1. The molecule has 0 saturated heterocycles. The molecular weight excluding hydrogens is 725 g/mol. The van der Waals surface area contributed by atoms with Gasteiger partial charge < -0.3 is 13.9 Å². The lowest BCUT2D eigenvalue weighted by atomic mass is 9.45. The van der Waals surface area contributed by atoms with Crippen molar-refractivity contribution in [1.29, 1.82) is 0 Å². The Bertz CT molecular complexity index is 3860. The SMILES string of the molecule is c1ccc(N(c2ccccc2)c2cc3c4c(c2)-n2c5cccc6c5c5c7c(cccc7cc(c52)B4n2c4ccccc4c4c5ccccc5cc-3c42)-c2ccccc2-6)cc1. The van der Waals surface area contributed by atoms with Gasteiger partial charge in [-0.05, 0) is 115 Å². The maximum absolute atomic E-state index is 2.71. The molecule has 0 amide bonds. The van der Waals surface area contributed by atoms with Crippen molar-refractivity contribution in [2.75, 3.05) is 4.90 Å². The third-order valence-corrected chi connectivity index (χ3v) is 13.9. The predicted octanol–water partition coefficient (Wildman–Crippen LogP) is 13.3. The van der Waals surface area contributed by atoms with Crippen LogP contribution in [0.3, 0.4) is 0 Å². The molecule has 10 aromatic carbocycles. The molecule has 0 atom stereocenters. The van der Waals surface area contributed by atoms with Crippen molar-refractivity contribution in [3.63, 3.8) is 0 Å². The minimum Gasteiger partial charge on any atom is -0.375 e. The van der Waals surface area contributed by atoms with Crippen LogP contribution in [-0.2, 0) is 0 Å². The Hall–Kier alpha value is -7.82. The van der Waals surface area contributed by atoms with E-state index in [1.807, 2.05) is 0 Å². The van der Waals surface area contributed by atoms with Crippen molar-refractivity contribution < 1.29 is 0 Å². The molecule has 0 unspecified atom stereocenters. The second-order valence-corrected chi connectivity index (χ2v) is 16.8. The van der Waals surface area contributed by atoms with E-state index in [0.717, 1.165) is 17.1 Å². The summed E-state index contributed by atoms with van der Waals surface area (Å²) in [5.74, 6) is 0. The molecule has 4 heterocycles. The summed E-state index contributed by atoms with van der Waals surface area (Å²) in [6.45, 7) is -0.0547. The van der Waals surface area contributed by atoms with E-state index < -0.39 is 0 Å². The second-order valence-electron chi connectivity index (χ2n) is 16.8. The largest absolute Gasteiger partial charge is 0.375 e. The predicted molar refractivity (Wildman–Crippen MR) is 254 cm³/mol. The standard InChI is InChI=1S/C56H32BN3/c1-3-17-35(18-4-1)58(36-19-5-2-6-20-36)37-31-44-45-29-33-15-7-8-21-38(33)51-43-24-11-12-27-47(43)60(55(45)51)57-46-30-34-16-13-25-41-39-22-9-10-23-40(39)42-26-14-28-48-52(42)53(50(34)41)56(46)59(48)49(32-37)54(44)57/h1-32H. The molecule has 0 bridgehead atoms. The van der Waals surface area contributed by atoms with Crippen LogP contribution in [0.1, 0.15) is 0 Å². The smallest absolute Gasteiger partial charge is 0.333 e. The van der Waals surface area contributed by atoms with E-state index in [9.17, 15) is 0 Å². The van der Waals surface area contributed by atoms with E-state index in [4.69, 9.17) is 0 Å². The highest BCUT2D eigenvalue weighted by Gasteiger charge is 2.43. The number of fused-ring (bicyclic) bond motifs is 13. The molecular formula is C56H32BN3. The van der Waals surface area contributed by atoms with Crippen LogP contribution in [0.2, 0.25) is 0 Å². The number of nitrogens with zero attached hydrogens (tertiary/aromatic N) is 3. The van der Waals surface area contributed by atoms with Crippen LogP contribution in [0, 0.1) is 0 Å². The first-order valence-corrected chi connectivity index (χ1v) is 21.0. The Morgan fingerprint density at radius 3 is 1.77 bits per heavy atom. The van der Waals surface area contributed by atoms with Gasteiger partial charge in [0.25, 0.3) is 0 Å². The molecule has 1 aliphatic carbocycles. The molecule has 12 aromatic rings. The normalized spacial score (nSPS) is 13.0. The number of anilines is 3. The summed E-state index contributed by atoms with van der Waals surface area (Å²) in [4.78, 5) is 2.44. The van der Waals surface area contributed by atoms with Gasteiger partial charge in [0.05, 0.1) is 11.0 Å². The van der Waals surface area contributed by atoms with E-state index in [-0.39, 0.29) is 6.85 Å².